The zero-order valence-electron chi connectivity index (χ0n) is 12.7. The first kappa shape index (κ1) is 17.4. The summed E-state index contributed by atoms with van der Waals surface area (Å²) in [6, 6.07) is 0.300. The molecule has 1 N–H and O–H groups in total. The lowest BCUT2D eigenvalue weighted by atomic mass is 10.2. The predicted molar refractivity (Wildman–Crippen MR) is 81.0 cm³/mol. The molecule has 0 radical (unpaired) electrons. The molecule has 0 heterocycles. The number of hydrogen-bond acceptors (Lipinski definition) is 3. The van der Waals surface area contributed by atoms with Gasteiger partial charge in [-0.2, -0.15) is 0 Å². The van der Waals surface area contributed by atoms with E-state index in [9.17, 15) is 13.2 Å². The van der Waals surface area contributed by atoms with Gasteiger partial charge in [0.25, 0.3) is 0 Å². The smallest absolute Gasteiger partial charge is 0.221 e. The molecule has 6 heteroatoms. The zero-order chi connectivity index (χ0) is 15.0. The quantitative estimate of drug-likeness (QED) is 0.661. The summed E-state index contributed by atoms with van der Waals surface area (Å²) in [6.07, 6.45) is 8.86. The molecule has 1 aliphatic rings. The first-order valence-corrected chi connectivity index (χ1v) is 9.52. The van der Waals surface area contributed by atoms with Gasteiger partial charge in [0.1, 0.15) is 0 Å². The number of rotatable bonds is 9. The van der Waals surface area contributed by atoms with Crippen LogP contribution in [-0.4, -0.2) is 44.0 Å². The number of carbonyl (C=O) groups excluding carboxylic acids is 1. The maximum atomic E-state index is 11.8. The molecular weight excluding hydrogens is 276 g/mol. The predicted octanol–water partition coefficient (Wildman–Crippen LogP) is 1.89. The van der Waals surface area contributed by atoms with E-state index in [-0.39, 0.29) is 12.3 Å². The van der Waals surface area contributed by atoms with Gasteiger partial charge in [-0.3, -0.25) is 4.79 Å². The third-order valence-electron chi connectivity index (χ3n) is 3.79. The van der Waals surface area contributed by atoms with Gasteiger partial charge in [-0.25, -0.2) is 12.7 Å². The molecule has 0 aromatic heterocycles. The molecule has 1 rings (SSSR count). The van der Waals surface area contributed by atoms with E-state index >= 15 is 0 Å². The number of hydrogen-bond donors (Lipinski definition) is 1. The van der Waals surface area contributed by atoms with E-state index in [1.165, 1.54) is 23.4 Å². The van der Waals surface area contributed by atoms with Gasteiger partial charge in [-0.1, -0.05) is 32.6 Å². The lowest BCUT2D eigenvalue weighted by Gasteiger charge is -2.20. The van der Waals surface area contributed by atoms with E-state index in [1.54, 1.807) is 0 Å². The molecule has 0 aromatic carbocycles. The maximum Gasteiger partial charge on any atom is 0.221 e. The van der Waals surface area contributed by atoms with Crippen molar-refractivity contribution in [1.29, 1.82) is 0 Å². The summed E-state index contributed by atoms with van der Waals surface area (Å²) in [5.74, 6) is -0.0268. The topological polar surface area (TPSA) is 66.5 Å². The van der Waals surface area contributed by atoms with Crippen LogP contribution >= 0.6 is 0 Å². The number of nitrogens with zero attached hydrogens (tertiary/aromatic N) is 1. The van der Waals surface area contributed by atoms with E-state index in [0.29, 0.717) is 19.1 Å². The fraction of sp³-hybridized carbons (Fsp3) is 0.929. The number of carbonyl (C=O) groups is 1. The third-order valence-corrected chi connectivity index (χ3v) is 5.09. The highest BCUT2D eigenvalue weighted by Gasteiger charge is 2.20. The van der Waals surface area contributed by atoms with Gasteiger partial charge in [0.05, 0.1) is 6.26 Å². The lowest BCUT2D eigenvalue weighted by Crippen LogP contribution is -2.37. The molecule has 20 heavy (non-hydrogen) atoms. The molecule has 118 valence electrons. The Hall–Kier alpha value is -0.620. The van der Waals surface area contributed by atoms with Crippen LogP contribution in [0.15, 0.2) is 0 Å². The van der Waals surface area contributed by atoms with Crippen molar-refractivity contribution in [2.45, 2.75) is 64.3 Å². The first-order chi connectivity index (χ1) is 9.43. The third kappa shape index (κ3) is 6.70. The van der Waals surface area contributed by atoms with Crippen LogP contribution in [0.5, 0.6) is 0 Å². The van der Waals surface area contributed by atoms with Crippen LogP contribution in [0.25, 0.3) is 0 Å². The minimum Gasteiger partial charge on any atom is -0.353 e. The Balaban J connectivity index is 2.34. The molecule has 1 amide bonds. The molecule has 1 aliphatic carbocycles. The Labute approximate surface area is 123 Å². The van der Waals surface area contributed by atoms with Gasteiger partial charge in [-0.05, 0) is 19.3 Å². The highest BCUT2D eigenvalue weighted by molar-refractivity contribution is 7.88. The summed E-state index contributed by atoms with van der Waals surface area (Å²) in [5.41, 5.74) is 0. The Morgan fingerprint density at radius 1 is 1.20 bits per heavy atom. The van der Waals surface area contributed by atoms with Gasteiger partial charge in [0.15, 0.2) is 0 Å². The number of nitrogens with one attached hydrogen (secondary N) is 1. The van der Waals surface area contributed by atoms with Crippen molar-refractivity contribution in [3.05, 3.63) is 0 Å². The second-order valence-electron chi connectivity index (χ2n) is 5.67. The molecule has 0 aliphatic heterocycles. The molecular formula is C14H28N2O3S. The minimum absolute atomic E-state index is 0.0268. The van der Waals surface area contributed by atoms with E-state index in [1.807, 2.05) is 0 Å². The fourth-order valence-electron chi connectivity index (χ4n) is 2.58. The van der Waals surface area contributed by atoms with E-state index in [0.717, 1.165) is 32.1 Å². The van der Waals surface area contributed by atoms with Crippen molar-refractivity contribution in [1.82, 2.24) is 9.62 Å². The molecule has 1 saturated carbocycles. The number of unbranched alkanes of at least 4 members (excludes halogenated alkanes) is 2. The average Bonchev–Trinajstić information content (AvgIpc) is 2.84. The highest BCUT2D eigenvalue weighted by atomic mass is 32.2. The van der Waals surface area contributed by atoms with Crippen molar-refractivity contribution in [3.63, 3.8) is 0 Å². The van der Waals surface area contributed by atoms with E-state index < -0.39 is 10.0 Å². The summed E-state index contributed by atoms with van der Waals surface area (Å²) in [7, 11) is -3.21. The Bertz CT molecular complexity index is 389. The molecule has 1 fully saturated rings. The SMILES string of the molecule is CCCCCN(CCC(=O)NC1CCCC1)S(C)(=O)=O. The normalized spacial score (nSPS) is 16.8. The largest absolute Gasteiger partial charge is 0.353 e. The Morgan fingerprint density at radius 3 is 2.40 bits per heavy atom. The number of sulfonamides is 1. The van der Waals surface area contributed by atoms with Crippen molar-refractivity contribution in [2.24, 2.45) is 0 Å². The average molecular weight is 304 g/mol. The van der Waals surface area contributed by atoms with Crippen LogP contribution in [-0.2, 0) is 14.8 Å². The van der Waals surface area contributed by atoms with Gasteiger partial charge in [0, 0.05) is 25.6 Å². The standard InChI is InChI=1S/C14H28N2O3S/c1-3-4-7-11-16(20(2,18)19)12-10-14(17)15-13-8-5-6-9-13/h13H,3-12H2,1-2H3,(H,15,17). The van der Waals surface area contributed by atoms with Crippen LogP contribution in [0.1, 0.15) is 58.3 Å². The molecule has 0 aromatic rings. The zero-order valence-corrected chi connectivity index (χ0v) is 13.5. The highest BCUT2D eigenvalue weighted by Crippen LogP contribution is 2.17. The molecule has 0 saturated heterocycles. The Kier molecular flexibility index (Phi) is 7.51. The molecule has 0 spiro atoms. The summed E-state index contributed by atoms with van der Waals surface area (Å²) in [6.45, 7) is 2.89. The van der Waals surface area contributed by atoms with Gasteiger partial charge < -0.3 is 5.32 Å². The second kappa shape index (κ2) is 8.62. The lowest BCUT2D eigenvalue weighted by molar-refractivity contribution is -0.121. The second-order valence-corrected chi connectivity index (χ2v) is 7.65. The summed E-state index contributed by atoms with van der Waals surface area (Å²) >= 11 is 0. The Morgan fingerprint density at radius 2 is 1.85 bits per heavy atom. The summed E-state index contributed by atoms with van der Waals surface area (Å²) < 4.78 is 24.8. The first-order valence-electron chi connectivity index (χ1n) is 7.68. The van der Waals surface area contributed by atoms with Gasteiger partial charge in [0.2, 0.25) is 15.9 Å². The molecule has 0 atom stereocenters. The van der Waals surface area contributed by atoms with Crippen LogP contribution in [0, 0.1) is 0 Å². The van der Waals surface area contributed by atoms with Crippen molar-refractivity contribution in [3.8, 4) is 0 Å². The number of amides is 1. The van der Waals surface area contributed by atoms with Crippen molar-refractivity contribution in [2.75, 3.05) is 19.3 Å². The van der Waals surface area contributed by atoms with Crippen LogP contribution in [0.2, 0.25) is 0 Å². The molecule has 5 nitrogen and oxygen atoms in total. The molecule has 0 unspecified atom stereocenters. The maximum absolute atomic E-state index is 11.8. The minimum atomic E-state index is -3.21. The monoisotopic (exact) mass is 304 g/mol. The summed E-state index contributed by atoms with van der Waals surface area (Å²) in [5, 5.41) is 2.99. The fourth-order valence-corrected chi connectivity index (χ4v) is 3.46. The van der Waals surface area contributed by atoms with Gasteiger partial charge in [-0.15, -0.1) is 0 Å². The van der Waals surface area contributed by atoms with Crippen LogP contribution in [0.4, 0.5) is 0 Å². The van der Waals surface area contributed by atoms with E-state index in [4.69, 9.17) is 0 Å². The van der Waals surface area contributed by atoms with Crippen LogP contribution < -0.4 is 5.32 Å². The summed E-state index contributed by atoms with van der Waals surface area (Å²) in [4.78, 5) is 11.8. The van der Waals surface area contributed by atoms with Crippen LogP contribution in [0.3, 0.4) is 0 Å². The molecule has 0 bridgehead atoms. The van der Waals surface area contributed by atoms with E-state index in [2.05, 4.69) is 12.2 Å². The van der Waals surface area contributed by atoms with Gasteiger partial charge >= 0.3 is 0 Å². The van der Waals surface area contributed by atoms with Crippen molar-refractivity contribution < 1.29 is 13.2 Å². The van der Waals surface area contributed by atoms with Crippen molar-refractivity contribution >= 4 is 15.9 Å².